The minimum absolute atomic E-state index is 0.128. The van der Waals surface area contributed by atoms with Gasteiger partial charge in [-0.3, -0.25) is 10.00 Å². The maximum absolute atomic E-state index is 12.2. The van der Waals surface area contributed by atoms with Crippen LogP contribution in [0.1, 0.15) is 38.3 Å². The van der Waals surface area contributed by atoms with Gasteiger partial charge in [0.1, 0.15) is 0 Å². The van der Waals surface area contributed by atoms with Crippen LogP contribution in [0.5, 0.6) is 0 Å². The minimum Gasteiger partial charge on any atom is -0.367 e. The number of rotatable bonds is 4. The number of carbonyl (C=O) groups excluding carboxylic acids is 1. The van der Waals surface area contributed by atoms with Crippen LogP contribution in [0.2, 0.25) is 0 Å². The standard InChI is InChI=1S/C16H24N6OS/c1-11(2)14-10-24-16(19-14)20-15(23)18-12-5-4-6-22(8-12)13-7-17-21(3)9-13/h7,9-12H,4-6,8H2,1-3H3,(H2,18,19,20,23)/t12-/m0/s1. The molecule has 2 aromatic rings. The van der Waals surface area contributed by atoms with E-state index in [1.165, 1.54) is 11.3 Å². The molecule has 0 spiro atoms. The summed E-state index contributed by atoms with van der Waals surface area (Å²) in [6.07, 6.45) is 5.91. The predicted octanol–water partition coefficient (Wildman–Crippen LogP) is 2.79. The number of nitrogens with one attached hydrogen (secondary N) is 2. The molecule has 24 heavy (non-hydrogen) atoms. The van der Waals surface area contributed by atoms with Crippen molar-refractivity contribution in [3.63, 3.8) is 0 Å². The molecule has 0 bridgehead atoms. The maximum atomic E-state index is 12.2. The predicted molar refractivity (Wildman–Crippen MR) is 96.8 cm³/mol. The number of piperidine rings is 1. The molecule has 3 rings (SSSR count). The van der Waals surface area contributed by atoms with E-state index in [-0.39, 0.29) is 12.1 Å². The van der Waals surface area contributed by atoms with E-state index in [0.29, 0.717) is 11.0 Å². The van der Waals surface area contributed by atoms with Crippen molar-refractivity contribution in [2.24, 2.45) is 7.05 Å². The molecular weight excluding hydrogens is 324 g/mol. The van der Waals surface area contributed by atoms with Crippen molar-refractivity contribution in [1.29, 1.82) is 0 Å². The molecular formula is C16H24N6OS. The Hall–Kier alpha value is -2.09. The Bertz CT molecular complexity index is 694. The number of carbonyl (C=O) groups is 1. The lowest BCUT2D eigenvalue weighted by molar-refractivity contribution is 0.246. The molecule has 3 heterocycles. The van der Waals surface area contributed by atoms with Crippen LogP contribution < -0.4 is 15.5 Å². The van der Waals surface area contributed by atoms with Gasteiger partial charge in [0, 0.05) is 37.8 Å². The fraction of sp³-hybridized carbons (Fsp3) is 0.562. The molecule has 0 aliphatic carbocycles. The van der Waals surface area contributed by atoms with Crippen molar-refractivity contribution in [3.8, 4) is 0 Å². The number of nitrogens with zero attached hydrogens (tertiary/aromatic N) is 4. The first-order valence-corrected chi connectivity index (χ1v) is 9.16. The summed E-state index contributed by atoms with van der Waals surface area (Å²) in [6, 6.07) is -0.0545. The topological polar surface area (TPSA) is 75.1 Å². The maximum Gasteiger partial charge on any atom is 0.321 e. The van der Waals surface area contributed by atoms with Crippen molar-refractivity contribution in [2.45, 2.75) is 38.6 Å². The summed E-state index contributed by atoms with van der Waals surface area (Å²) in [5.74, 6) is 0.367. The number of hydrogen-bond acceptors (Lipinski definition) is 5. The summed E-state index contributed by atoms with van der Waals surface area (Å²) in [5, 5.41) is 12.8. The highest BCUT2D eigenvalue weighted by Gasteiger charge is 2.22. The first-order valence-electron chi connectivity index (χ1n) is 8.28. The summed E-state index contributed by atoms with van der Waals surface area (Å²) in [6.45, 7) is 5.98. The fourth-order valence-electron chi connectivity index (χ4n) is 2.83. The van der Waals surface area contributed by atoms with Crippen molar-refractivity contribution < 1.29 is 4.79 Å². The van der Waals surface area contributed by atoms with Gasteiger partial charge in [-0.1, -0.05) is 13.8 Å². The number of hydrogen-bond donors (Lipinski definition) is 2. The van der Waals surface area contributed by atoms with Gasteiger partial charge in [-0.15, -0.1) is 11.3 Å². The van der Waals surface area contributed by atoms with E-state index in [2.05, 4.69) is 39.5 Å². The average Bonchev–Trinajstić information content (AvgIpc) is 3.16. The van der Waals surface area contributed by atoms with E-state index < -0.39 is 0 Å². The van der Waals surface area contributed by atoms with E-state index in [9.17, 15) is 4.79 Å². The van der Waals surface area contributed by atoms with Crippen LogP contribution in [0.3, 0.4) is 0 Å². The minimum atomic E-state index is -0.183. The van der Waals surface area contributed by atoms with Crippen LogP contribution in [0.25, 0.3) is 0 Å². The molecule has 1 atom stereocenters. The SMILES string of the molecule is CC(C)c1csc(NC(=O)N[C@H]2CCCN(c3cnn(C)c3)C2)n1. The number of aromatic nitrogens is 3. The highest BCUT2D eigenvalue weighted by Crippen LogP contribution is 2.22. The lowest BCUT2D eigenvalue weighted by Gasteiger charge is -2.33. The molecule has 2 N–H and O–H groups in total. The molecule has 1 saturated heterocycles. The first-order chi connectivity index (χ1) is 11.5. The second-order valence-corrected chi connectivity index (χ2v) is 7.35. The molecule has 1 fully saturated rings. The average molecular weight is 348 g/mol. The van der Waals surface area contributed by atoms with Gasteiger partial charge in [0.15, 0.2) is 5.13 Å². The molecule has 2 aromatic heterocycles. The van der Waals surface area contributed by atoms with E-state index >= 15 is 0 Å². The Balaban J connectivity index is 1.53. The molecule has 0 unspecified atom stereocenters. The molecule has 1 aliphatic rings. The Morgan fingerprint density at radius 2 is 2.29 bits per heavy atom. The van der Waals surface area contributed by atoms with Crippen LogP contribution in [0.15, 0.2) is 17.8 Å². The lowest BCUT2D eigenvalue weighted by Crippen LogP contribution is -2.48. The molecule has 0 aromatic carbocycles. The van der Waals surface area contributed by atoms with E-state index in [1.54, 1.807) is 4.68 Å². The number of thiazole rings is 1. The van der Waals surface area contributed by atoms with Gasteiger partial charge in [0.05, 0.1) is 17.6 Å². The Kier molecular flexibility index (Phi) is 5.03. The number of anilines is 2. The van der Waals surface area contributed by atoms with Gasteiger partial charge < -0.3 is 10.2 Å². The van der Waals surface area contributed by atoms with Gasteiger partial charge in [-0.25, -0.2) is 9.78 Å². The fourth-order valence-corrected chi connectivity index (χ4v) is 3.70. The van der Waals surface area contributed by atoms with E-state index in [0.717, 1.165) is 37.3 Å². The van der Waals surface area contributed by atoms with E-state index in [1.807, 2.05) is 24.8 Å². The van der Waals surface area contributed by atoms with Crippen molar-refractivity contribution in [2.75, 3.05) is 23.3 Å². The summed E-state index contributed by atoms with van der Waals surface area (Å²) < 4.78 is 1.80. The third-order valence-electron chi connectivity index (χ3n) is 4.15. The first kappa shape index (κ1) is 16.8. The molecule has 8 heteroatoms. The molecule has 130 valence electrons. The van der Waals surface area contributed by atoms with E-state index in [4.69, 9.17) is 0 Å². The van der Waals surface area contributed by atoms with Gasteiger partial charge in [0.2, 0.25) is 0 Å². The van der Waals surface area contributed by atoms with Gasteiger partial charge in [-0.2, -0.15) is 5.10 Å². The second kappa shape index (κ2) is 7.21. The summed E-state index contributed by atoms with van der Waals surface area (Å²) >= 11 is 1.46. The summed E-state index contributed by atoms with van der Waals surface area (Å²) in [7, 11) is 1.91. The highest BCUT2D eigenvalue weighted by atomic mass is 32.1. The second-order valence-electron chi connectivity index (χ2n) is 6.49. The van der Waals surface area contributed by atoms with Crippen LogP contribution in [0, 0.1) is 0 Å². The van der Waals surface area contributed by atoms with Crippen molar-refractivity contribution in [3.05, 3.63) is 23.5 Å². The Morgan fingerprint density at radius 1 is 1.46 bits per heavy atom. The zero-order chi connectivity index (χ0) is 17.1. The number of aryl methyl sites for hydroxylation is 1. The zero-order valence-corrected chi connectivity index (χ0v) is 15.1. The molecule has 1 aliphatic heterocycles. The van der Waals surface area contributed by atoms with Crippen LogP contribution in [-0.2, 0) is 7.05 Å². The third-order valence-corrected chi connectivity index (χ3v) is 4.92. The third kappa shape index (κ3) is 4.05. The largest absolute Gasteiger partial charge is 0.367 e. The Labute approximate surface area is 146 Å². The van der Waals surface area contributed by atoms with Crippen LogP contribution in [0.4, 0.5) is 15.6 Å². The van der Waals surface area contributed by atoms with Crippen molar-refractivity contribution in [1.82, 2.24) is 20.1 Å². The molecule has 0 saturated carbocycles. The van der Waals surface area contributed by atoms with Crippen molar-refractivity contribution >= 4 is 28.2 Å². The zero-order valence-electron chi connectivity index (χ0n) is 14.3. The lowest BCUT2D eigenvalue weighted by atomic mass is 10.1. The monoisotopic (exact) mass is 348 g/mol. The van der Waals surface area contributed by atoms with Gasteiger partial charge in [-0.05, 0) is 18.8 Å². The smallest absolute Gasteiger partial charge is 0.321 e. The molecule has 7 nitrogen and oxygen atoms in total. The van der Waals surface area contributed by atoms with Gasteiger partial charge in [0.25, 0.3) is 0 Å². The normalized spacial score (nSPS) is 18.0. The summed E-state index contributed by atoms with van der Waals surface area (Å²) in [5.41, 5.74) is 2.11. The van der Waals surface area contributed by atoms with Crippen LogP contribution >= 0.6 is 11.3 Å². The molecule has 0 radical (unpaired) electrons. The van der Waals surface area contributed by atoms with Crippen LogP contribution in [-0.4, -0.2) is 39.9 Å². The number of urea groups is 1. The summed E-state index contributed by atoms with van der Waals surface area (Å²) in [4.78, 5) is 18.9. The quantitative estimate of drug-likeness (QED) is 0.891. The van der Waals surface area contributed by atoms with Gasteiger partial charge >= 0.3 is 6.03 Å². The highest BCUT2D eigenvalue weighted by molar-refractivity contribution is 7.13. The Morgan fingerprint density at radius 3 is 2.96 bits per heavy atom. The number of amides is 2. The molecule has 2 amide bonds.